The highest BCUT2D eigenvalue weighted by atomic mass is 35.5. The van der Waals surface area contributed by atoms with Gasteiger partial charge in [0.05, 0.1) is 11.4 Å². The van der Waals surface area contributed by atoms with Gasteiger partial charge in [-0.3, -0.25) is 9.59 Å². The van der Waals surface area contributed by atoms with Gasteiger partial charge in [0.2, 0.25) is 11.8 Å². The molecule has 0 atom stereocenters. The highest BCUT2D eigenvalue weighted by Crippen LogP contribution is 2.48. The average Bonchev–Trinajstić information content (AvgIpc) is 3.15. The number of rotatable bonds is 3. The lowest BCUT2D eigenvalue weighted by Crippen LogP contribution is -2.45. The van der Waals surface area contributed by atoms with Crippen molar-refractivity contribution in [2.75, 3.05) is 24.5 Å². The van der Waals surface area contributed by atoms with Crippen LogP contribution >= 0.6 is 11.6 Å². The van der Waals surface area contributed by atoms with Crippen molar-refractivity contribution in [1.29, 1.82) is 0 Å². The fourth-order valence-electron chi connectivity index (χ4n) is 6.58. The van der Waals surface area contributed by atoms with Gasteiger partial charge in [-0.05, 0) is 80.3 Å². The van der Waals surface area contributed by atoms with Crippen molar-refractivity contribution < 1.29 is 9.59 Å². The minimum atomic E-state index is -0.0590. The summed E-state index contributed by atoms with van der Waals surface area (Å²) in [4.78, 5) is 30.8. The Labute approximate surface area is 218 Å². The van der Waals surface area contributed by atoms with Crippen LogP contribution in [0.4, 0.5) is 5.69 Å². The summed E-state index contributed by atoms with van der Waals surface area (Å²) in [5.74, 6) is 0.436. The average molecular weight is 504 g/mol. The number of aryl methyl sites for hydroxylation is 1. The molecule has 0 bridgehead atoms. The maximum atomic E-state index is 13.9. The number of anilines is 1. The minimum Gasteiger partial charge on any atom is -0.341 e. The number of nitrogens with zero attached hydrogens (tertiary/aromatic N) is 3. The molecule has 2 aromatic carbocycles. The molecule has 2 fully saturated rings. The van der Waals surface area contributed by atoms with E-state index in [4.69, 9.17) is 11.6 Å². The molecule has 188 valence electrons. The fourth-order valence-corrected chi connectivity index (χ4v) is 6.75. The summed E-state index contributed by atoms with van der Waals surface area (Å²) in [5, 5.41) is 1.84. The van der Waals surface area contributed by atoms with Crippen molar-refractivity contribution in [1.82, 2.24) is 9.47 Å². The second-order valence-electron chi connectivity index (χ2n) is 10.8. The predicted molar refractivity (Wildman–Crippen MR) is 146 cm³/mol. The van der Waals surface area contributed by atoms with Crippen LogP contribution in [0.25, 0.3) is 22.2 Å². The Morgan fingerprint density at radius 2 is 1.72 bits per heavy atom. The van der Waals surface area contributed by atoms with Crippen molar-refractivity contribution >= 4 is 40.0 Å². The number of hydrogen-bond acceptors (Lipinski definition) is 2. The highest BCUT2D eigenvalue weighted by Gasteiger charge is 2.34. The zero-order chi connectivity index (χ0) is 24.8. The van der Waals surface area contributed by atoms with Crippen molar-refractivity contribution in [3.63, 3.8) is 0 Å². The topological polar surface area (TPSA) is 45.6 Å². The molecule has 0 N–H and O–H groups in total. The molecule has 6 heteroatoms. The smallest absolute Gasteiger partial charge is 0.247 e. The van der Waals surface area contributed by atoms with Gasteiger partial charge in [-0.15, -0.1) is 0 Å². The molecule has 2 amide bonds. The van der Waals surface area contributed by atoms with E-state index in [1.54, 1.807) is 4.90 Å². The maximum absolute atomic E-state index is 13.9. The van der Waals surface area contributed by atoms with Crippen LogP contribution in [0.5, 0.6) is 0 Å². The van der Waals surface area contributed by atoms with Crippen molar-refractivity contribution in [3.8, 4) is 11.3 Å². The molecular formula is C30H34ClN3O2. The summed E-state index contributed by atoms with van der Waals surface area (Å²) >= 11 is 6.50. The van der Waals surface area contributed by atoms with E-state index >= 15 is 0 Å². The van der Waals surface area contributed by atoms with Gasteiger partial charge in [-0.2, -0.15) is 0 Å². The van der Waals surface area contributed by atoms with Crippen LogP contribution in [-0.4, -0.2) is 40.9 Å². The Balaban J connectivity index is 1.52. The zero-order valence-corrected chi connectivity index (χ0v) is 21.8. The lowest BCUT2D eigenvalue weighted by atomic mass is 9.81. The second kappa shape index (κ2) is 9.59. The van der Waals surface area contributed by atoms with Crippen LogP contribution in [0.15, 0.2) is 36.4 Å². The summed E-state index contributed by atoms with van der Waals surface area (Å²) in [6.07, 6.45) is 9.35. The summed E-state index contributed by atoms with van der Waals surface area (Å²) in [6.45, 7) is 3.95. The second-order valence-corrected chi connectivity index (χ2v) is 11.2. The first-order valence-corrected chi connectivity index (χ1v) is 13.9. The molecule has 6 rings (SSSR count). The number of aromatic nitrogens is 1. The van der Waals surface area contributed by atoms with E-state index in [1.807, 2.05) is 17.0 Å². The molecule has 5 nitrogen and oxygen atoms in total. The number of piperidine rings is 1. The molecule has 0 unspecified atom stereocenters. The molecule has 3 heterocycles. The molecule has 3 aromatic rings. The third kappa shape index (κ3) is 4.11. The van der Waals surface area contributed by atoms with Crippen molar-refractivity contribution in [2.45, 2.75) is 70.8 Å². The first-order valence-electron chi connectivity index (χ1n) is 13.5. The quantitative estimate of drug-likeness (QED) is 0.400. The minimum absolute atomic E-state index is 0.0220. The molecule has 1 aliphatic carbocycles. The predicted octanol–water partition coefficient (Wildman–Crippen LogP) is 6.68. The van der Waals surface area contributed by atoms with Crippen LogP contribution in [0.2, 0.25) is 5.02 Å². The van der Waals surface area contributed by atoms with E-state index in [0.29, 0.717) is 10.9 Å². The number of amides is 2. The number of likely N-dealkylation sites (tertiary alicyclic amines) is 1. The SMILES string of the molecule is Cc1ccc2c(C3CCCCC3)c3n(c2c1)CC(=O)N(CC(=O)N1CCCCC1)c1cc(Cl)ccc1-3. The Kier molecular flexibility index (Phi) is 6.28. The van der Waals surface area contributed by atoms with E-state index in [9.17, 15) is 9.59 Å². The molecule has 2 aliphatic heterocycles. The number of halogens is 1. The van der Waals surface area contributed by atoms with Crippen LogP contribution in [-0.2, 0) is 16.1 Å². The summed E-state index contributed by atoms with van der Waals surface area (Å²) in [5.41, 5.74) is 6.56. The molecular weight excluding hydrogens is 470 g/mol. The Hall–Kier alpha value is -2.79. The third-order valence-electron chi connectivity index (χ3n) is 8.37. The third-order valence-corrected chi connectivity index (χ3v) is 8.61. The van der Waals surface area contributed by atoms with Crippen molar-refractivity contribution in [2.24, 2.45) is 0 Å². The van der Waals surface area contributed by atoms with E-state index in [-0.39, 0.29) is 24.9 Å². The Morgan fingerprint density at radius 3 is 2.50 bits per heavy atom. The number of hydrogen-bond donors (Lipinski definition) is 0. The first-order chi connectivity index (χ1) is 17.5. The standard InChI is InChI=1S/C30H34ClN3O2/c1-20-10-12-23-25(16-20)34-19-28(36)33(18-27(35)32-14-6-3-7-15-32)26-17-22(31)11-13-24(26)30(34)29(23)21-8-4-2-5-9-21/h10-13,16-17,21H,2-9,14-15,18-19H2,1H3. The monoisotopic (exact) mass is 503 g/mol. The number of carbonyl (C=O) groups is 2. The highest BCUT2D eigenvalue weighted by molar-refractivity contribution is 6.31. The van der Waals surface area contributed by atoms with E-state index in [2.05, 4.69) is 35.8 Å². The first kappa shape index (κ1) is 23.6. The Bertz CT molecular complexity index is 1330. The molecule has 1 saturated heterocycles. The van der Waals surface area contributed by atoms with Crippen LogP contribution in [0.3, 0.4) is 0 Å². The molecule has 0 radical (unpaired) electrons. The Morgan fingerprint density at radius 1 is 0.972 bits per heavy atom. The van der Waals surface area contributed by atoms with Gasteiger partial charge < -0.3 is 14.4 Å². The van der Waals surface area contributed by atoms with Crippen LogP contribution in [0.1, 0.15) is 68.4 Å². The fraction of sp³-hybridized carbons (Fsp3) is 0.467. The van der Waals surface area contributed by atoms with E-state index < -0.39 is 0 Å². The molecule has 36 heavy (non-hydrogen) atoms. The number of fused-ring (bicyclic) bond motifs is 5. The van der Waals surface area contributed by atoms with Gasteiger partial charge in [0.15, 0.2) is 0 Å². The largest absolute Gasteiger partial charge is 0.341 e. The van der Waals surface area contributed by atoms with E-state index in [1.165, 1.54) is 48.6 Å². The maximum Gasteiger partial charge on any atom is 0.247 e. The van der Waals surface area contributed by atoms with Crippen LogP contribution < -0.4 is 4.90 Å². The van der Waals surface area contributed by atoms with Gasteiger partial charge in [0.1, 0.15) is 13.1 Å². The lowest BCUT2D eigenvalue weighted by molar-refractivity contribution is -0.132. The zero-order valence-electron chi connectivity index (χ0n) is 21.1. The molecule has 0 spiro atoms. The number of benzene rings is 2. The van der Waals surface area contributed by atoms with Gasteiger partial charge in [-0.1, -0.05) is 43.0 Å². The van der Waals surface area contributed by atoms with Gasteiger partial charge >= 0.3 is 0 Å². The number of carbonyl (C=O) groups excluding carboxylic acids is 2. The molecule has 3 aliphatic rings. The lowest BCUT2D eigenvalue weighted by Gasteiger charge is -2.30. The molecule has 1 saturated carbocycles. The summed E-state index contributed by atoms with van der Waals surface area (Å²) in [7, 11) is 0. The normalized spacial score (nSPS) is 18.8. The summed E-state index contributed by atoms with van der Waals surface area (Å²) < 4.78 is 2.21. The van der Waals surface area contributed by atoms with Gasteiger partial charge in [0.25, 0.3) is 0 Å². The summed E-state index contributed by atoms with van der Waals surface area (Å²) in [6, 6.07) is 12.5. The van der Waals surface area contributed by atoms with Gasteiger partial charge in [0, 0.05) is 34.6 Å². The van der Waals surface area contributed by atoms with Crippen LogP contribution in [0, 0.1) is 6.92 Å². The van der Waals surface area contributed by atoms with E-state index in [0.717, 1.165) is 54.8 Å². The molecule has 1 aromatic heterocycles. The van der Waals surface area contributed by atoms with Gasteiger partial charge in [-0.25, -0.2) is 0 Å². The van der Waals surface area contributed by atoms with Crippen molar-refractivity contribution in [3.05, 3.63) is 52.5 Å².